The van der Waals surface area contributed by atoms with Crippen LogP contribution in [0.4, 0.5) is 10.1 Å². The number of carbonyl (C=O) groups excluding carboxylic acids is 2. The second kappa shape index (κ2) is 14.4. The van der Waals surface area contributed by atoms with Gasteiger partial charge in [0.15, 0.2) is 0 Å². The van der Waals surface area contributed by atoms with Crippen LogP contribution in [0.5, 0.6) is 0 Å². The summed E-state index contributed by atoms with van der Waals surface area (Å²) < 4.78 is 41.6. The lowest BCUT2D eigenvalue weighted by molar-refractivity contribution is -0.140. The van der Waals surface area contributed by atoms with Gasteiger partial charge in [-0.1, -0.05) is 91.0 Å². The molecule has 1 aliphatic carbocycles. The molecule has 0 bridgehead atoms. The first-order chi connectivity index (χ1) is 20.0. The molecule has 1 aliphatic rings. The summed E-state index contributed by atoms with van der Waals surface area (Å²) in [6.45, 7) is -0.868. The SMILES string of the molecule is CS(=O)(=O)N(CC(=O)N(Cc1ccccc1F)C(Cc1ccccc1)C(=O)NC1CCCCC1)c1ccc(Cl)c(Cl)c1. The van der Waals surface area contributed by atoms with E-state index in [2.05, 4.69) is 5.32 Å². The first kappa shape index (κ1) is 31.8. The van der Waals surface area contributed by atoms with E-state index in [9.17, 15) is 22.4 Å². The smallest absolute Gasteiger partial charge is 0.244 e. The second-order valence-corrected chi connectivity index (χ2v) is 13.3. The van der Waals surface area contributed by atoms with Crippen LogP contribution in [0.25, 0.3) is 0 Å². The molecule has 0 aromatic heterocycles. The van der Waals surface area contributed by atoms with Crippen LogP contribution in [0.1, 0.15) is 43.2 Å². The Hall–Kier alpha value is -3.14. The van der Waals surface area contributed by atoms with Crippen molar-refractivity contribution >= 4 is 50.7 Å². The van der Waals surface area contributed by atoms with Crippen molar-refractivity contribution < 1.29 is 22.4 Å². The highest BCUT2D eigenvalue weighted by molar-refractivity contribution is 7.92. The number of hydrogen-bond acceptors (Lipinski definition) is 4. The van der Waals surface area contributed by atoms with Crippen LogP contribution in [0.2, 0.25) is 10.0 Å². The Balaban J connectivity index is 1.74. The molecule has 2 amide bonds. The van der Waals surface area contributed by atoms with Gasteiger partial charge < -0.3 is 10.2 Å². The summed E-state index contributed by atoms with van der Waals surface area (Å²) in [6, 6.07) is 18.4. The standard InChI is InChI=1S/C31H34Cl2FN3O4S/c1-42(40,41)37(25-16-17-26(32)27(33)19-25)21-30(38)36(20-23-12-8-9-15-28(23)34)29(18-22-10-4-2-5-11-22)31(39)35-24-13-6-3-7-14-24/h2,4-5,8-12,15-17,19,24,29H,3,6-7,13-14,18,20-21H2,1H3,(H,35,39). The van der Waals surface area contributed by atoms with Gasteiger partial charge in [0.05, 0.1) is 22.0 Å². The van der Waals surface area contributed by atoms with Gasteiger partial charge in [-0.15, -0.1) is 0 Å². The number of sulfonamides is 1. The molecule has 7 nitrogen and oxygen atoms in total. The molecule has 11 heteroatoms. The number of amides is 2. The molecule has 0 spiro atoms. The van der Waals surface area contributed by atoms with Gasteiger partial charge in [0.2, 0.25) is 21.8 Å². The molecule has 1 fully saturated rings. The fourth-order valence-corrected chi connectivity index (χ4v) is 6.30. The Bertz CT molecular complexity index is 1500. The predicted molar refractivity (Wildman–Crippen MR) is 165 cm³/mol. The van der Waals surface area contributed by atoms with Gasteiger partial charge in [-0.25, -0.2) is 12.8 Å². The van der Waals surface area contributed by atoms with Crippen LogP contribution >= 0.6 is 23.2 Å². The molecule has 4 rings (SSSR count). The van der Waals surface area contributed by atoms with E-state index in [1.54, 1.807) is 12.1 Å². The quantitative estimate of drug-likeness (QED) is 0.281. The third-order valence-corrected chi connectivity index (χ3v) is 9.27. The number of carbonyl (C=O) groups is 2. The number of benzene rings is 3. The first-order valence-corrected chi connectivity index (χ1v) is 16.4. The van der Waals surface area contributed by atoms with Crippen molar-refractivity contribution in [3.05, 3.63) is 99.8 Å². The van der Waals surface area contributed by atoms with Crippen LogP contribution < -0.4 is 9.62 Å². The number of nitrogens with zero attached hydrogens (tertiary/aromatic N) is 2. The number of halogens is 3. The summed E-state index contributed by atoms with van der Waals surface area (Å²) in [4.78, 5) is 29.3. The minimum absolute atomic E-state index is 0.0290. The maximum absolute atomic E-state index is 14.9. The number of hydrogen-bond donors (Lipinski definition) is 1. The fraction of sp³-hybridized carbons (Fsp3) is 0.355. The van der Waals surface area contributed by atoms with E-state index in [-0.39, 0.29) is 46.2 Å². The summed E-state index contributed by atoms with van der Waals surface area (Å²) in [6.07, 6.45) is 5.91. The molecule has 224 valence electrons. The van der Waals surface area contributed by atoms with E-state index >= 15 is 0 Å². The van der Waals surface area contributed by atoms with Crippen molar-refractivity contribution in [1.82, 2.24) is 10.2 Å². The lowest BCUT2D eigenvalue weighted by Crippen LogP contribution is -2.55. The number of nitrogens with one attached hydrogen (secondary N) is 1. The van der Waals surface area contributed by atoms with Crippen molar-refractivity contribution in [2.24, 2.45) is 0 Å². The molecule has 1 unspecified atom stereocenters. The monoisotopic (exact) mass is 633 g/mol. The van der Waals surface area contributed by atoms with Gasteiger partial charge in [0, 0.05) is 24.6 Å². The van der Waals surface area contributed by atoms with Crippen molar-refractivity contribution in [2.75, 3.05) is 17.1 Å². The third kappa shape index (κ3) is 8.46. The van der Waals surface area contributed by atoms with Crippen molar-refractivity contribution in [2.45, 2.75) is 57.2 Å². The number of anilines is 1. The summed E-state index contributed by atoms with van der Waals surface area (Å²) in [5, 5.41) is 3.46. The molecule has 3 aromatic rings. The van der Waals surface area contributed by atoms with Crippen molar-refractivity contribution in [3.63, 3.8) is 0 Å². The Morgan fingerprint density at radius 2 is 1.62 bits per heavy atom. The molecular weight excluding hydrogens is 600 g/mol. The Labute approximate surface area is 256 Å². The maximum Gasteiger partial charge on any atom is 0.244 e. The Morgan fingerprint density at radius 3 is 2.26 bits per heavy atom. The van der Waals surface area contributed by atoms with Crippen molar-refractivity contribution in [1.29, 1.82) is 0 Å². The molecular formula is C31H34Cl2FN3O4S. The van der Waals surface area contributed by atoms with Crippen LogP contribution in [-0.4, -0.2) is 50.0 Å². The average molecular weight is 635 g/mol. The summed E-state index contributed by atoms with van der Waals surface area (Å²) in [5.74, 6) is -1.57. The highest BCUT2D eigenvalue weighted by atomic mass is 35.5. The lowest BCUT2D eigenvalue weighted by Gasteiger charge is -2.35. The van der Waals surface area contributed by atoms with E-state index < -0.39 is 34.3 Å². The molecule has 0 saturated heterocycles. The number of rotatable bonds is 11. The van der Waals surface area contributed by atoms with Crippen LogP contribution in [0, 0.1) is 5.82 Å². The minimum Gasteiger partial charge on any atom is -0.352 e. The zero-order valence-corrected chi connectivity index (χ0v) is 25.6. The zero-order valence-electron chi connectivity index (χ0n) is 23.3. The van der Waals surface area contributed by atoms with Gasteiger partial charge in [-0.3, -0.25) is 13.9 Å². The second-order valence-electron chi connectivity index (χ2n) is 10.5. The Kier molecular flexibility index (Phi) is 10.9. The molecule has 0 radical (unpaired) electrons. The summed E-state index contributed by atoms with van der Waals surface area (Å²) >= 11 is 12.2. The third-order valence-electron chi connectivity index (χ3n) is 7.39. The largest absolute Gasteiger partial charge is 0.352 e. The molecule has 1 saturated carbocycles. The molecule has 1 N–H and O–H groups in total. The summed E-state index contributed by atoms with van der Waals surface area (Å²) in [5.41, 5.74) is 1.14. The highest BCUT2D eigenvalue weighted by Gasteiger charge is 2.34. The first-order valence-electron chi connectivity index (χ1n) is 13.8. The van der Waals surface area contributed by atoms with E-state index in [4.69, 9.17) is 23.2 Å². The van der Waals surface area contributed by atoms with E-state index in [1.165, 1.54) is 35.2 Å². The lowest BCUT2D eigenvalue weighted by atomic mass is 9.94. The minimum atomic E-state index is -3.98. The normalized spacial score (nSPS) is 14.7. The fourth-order valence-electron chi connectivity index (χ4n) is 5.16. The van der Waals surface area contributed by atoms with Gasteiger partial charge in [0.25, 0.3) is 0 Å². The zero-order chi connectivity index (χ0) is 30.3. The molecule has 1 atom stereocenters. The maximum atomic E-state index is 14.9. The Morgan fingerprint density at radius 1 is 0.952 bits per heavy atom. The molecule has 0 heterocycles. The highest BCUT2D eigenvalue weighted by Crippen LogP contribution is 2.29. The van der Waals surface area contributed by atoms with E-state index in [1.807, 2.05) is 30.3 Å². The van der Waals surface area contributed by atoms with Crippen LogP contribution in [0.3, 0.4) is 0 Å². The van der Waals surface area contributed by atoms with E-state index in [0.29, 0.717) is 0 Å². The molecule has 3 aromatic carbocycles. The average Bonchev–Trinajstić information content (AvgIpc) is 2.96. The van der Waals surface area contributed by atoms with Crippen molar-refractivity contribution in [3.8, 4) is 0 Å². The van der Waals surface area contributed by atoms with Crippen LogP contribution in [0.15, 0.2) is 72.8 Å². The van der Waals surface area contributed by atoms with E-state index in [0.717, 1.165) is 48.2 Å². The summed E-state index contributed by atoms with van der Waals surface area (Å²) in [7, 11) is -3.98. The van der Waals surface area contributed by atoms with Gasteiger partial charge in [-0.2, -0.15) is 0 Å². The van der Waals surface area contributed by atoms with Gasteiger partial charge >= 0.3 is 0 Å². The van der Waals surface area contributed by atoms with Gasteiger partial charge in [0.1, 0.15) is 18.4 Å². The molecule has 0 aliphatic heterocycles. The molecule has 42 heavy (non-hydrogen) atoms. The predicted octanol–water partition coefficient (Wildman–Crippen LogP) is 5.99. The van der Waals surface area contributed by atoms with Crippen LogP contribution in [-0.2, 0) is 32.6 Å². The topological polar surface area (TPSA) is 86.8 Å². The van der Waals surface area contributed by atoms with Gasteiger partial charge in [-0.05, 0) is 42.7 Å².